The van der Waals surface area contributed by atoms with Crippen molar-refractivity contribution in [2.24, 2.45) is 5.92 Å². The SMILES string of the molecule is CC[C@@H]1CCCN(c2ncccc2F)C1.CN(C=O)C1CCOCC1. The fourth-order valence-electron chi connectivity index (χ4n) is 3.38. The second-order valence-electron chi connectivity index (χ2n) is 6.79. The zero-order chi connectivity index (χ0) is 18.1. The molecule has 0 saturated carbocycles. The van der Waals surface area contributed by atoms with Crippen LogP contribution in [0.5, 0.6) is 0 Å². The lowest BCUT2D eigenvalue weighted by Gasteiger charge is -2.33. The maximum absolute atomic E-state index is 13.5. The Morgan fingerprint density at radius 2 is 2.16 bits per heavy atom. The van der Waals surface area contributed by atoms with Gasteiger partial charge in [0.1, 0.15) is 0 Å². The molecule has 0 unspecified atom stereocenters. The van der Waals surface area contributed by atoms with Crippen LogP contribution in [0, 0.1) is 11.7 Å². The van der Waals surface area contributed by atoms with E-state index in [1.807, 2.05) is 7.05 Å². The quantitative estimate of drug-likeness (QED) is 0.782. The summed E-state index contributed by atoms with van der Waals surface area (Å²) in [6, 6.07) is 3.53. The predicted molar refractivity (Wildman–Crippen MR) is 97.1 cm³/mol. The number of pyridine rings is 1. The average molecular weight is 351 g/mol. The summed E-state index contributed by atoms with van der Waals surface area (Å²) < 4.78 is 18.7. The summed E-state index contributed by atoms with van der Waals surface area (Å²) in [5, 5.41) is 0. The Balaban J connectivity index is 0.000000196. The second-order valence-corrected chi connectivity index (χ2v) is 6.79. The highest BCUT2D eigenvalue weighted by atomic mass is 19.1. The fourth-order valence-corrected chi connectivity index (χ4v) is 3.38. The smallest absolute Gasteiger partial charge is 0.209 e. The molecule has 5 nitrogen and oxygen atoms in total. The minimum absolute atomic E-state index is 0.200. The van der Waals surface area contributed by atoms with E-state index in [9.17, 15) is 9.18 Å². The van der Waals surface area contributed by atoms with E-state index in [0.717, 1.165) is 52.0 Å². The first kappa shape index (κ1) is 19.6. The fraction of sp³-hybridized carbons (Fsp3) is 0.684. The van der Waals surface area contributed by atoms with E-state index in [2.05, 4.69) is 16.8 Å². The van der Waals surface area contributed by atoms with E-state index in [1.165, 1.54) is 18.9 Å². The molecule has 3 heterocycles. The number of amides is 1. The minimum atomic E-state index is -0.200. The lowest BCUT2D eigenvalue weighted by atomic mass is 9.96. The van der Waals surface area contributed by atoms with Gasteiger partial charge < -0.3 is 14.5 Å². The first-order valence-corrected chi connectivity index (χ1v) is 9.26. The number of rotatable bonds is 4. The maximum Gasteiger partial charge on any atom is 0.209 e. The lowest BCUT2D eigenvalue weighted by molar-refractivity contribution is -0.120. The third kappa shape index (κ3) is 5.96. The van der Waals surface area contributed by atoms with Gasteiger partial charge in [-0.2, -0.15) is 0 Å². The summed E-state index contributed by atoms with van der Waals surface area (Å²) in [4.78, 5) is 18.2. The van der Waals surface area contributed by atoms with Crippen molar-refractivity contribution in [3.05, 3.63) is 24.1 Å². The van der Waals surface area contributed by atoms with Crippen molar-refractivity contribution >= 4 is 12.2 Å². The van der Waals surface area contributed by atoms with Gasteiger partial charge in [-0.1, -0.05) is 13.3 Å². The maximum atomic E-state index is 13.5. The summed E-state index contributed by atoms with van der Waals surface area (Å²) in [5.74, 6) is 1.02. The number of hydrogen-bond acceptors (Lipinski definition) is 4. The molecule has 0 spiro atoms. The van der Waals surface area contributed by atoms with Crippen LogP contribution >= 0.6 is 0 Å². The van der Waals surface area contributed by atoms with Crippen LogP contribution in [0.4, 0.5) is 10.2 Å². The Bertz CT molecular complexity index is 523. The number of carbonyl (C=O) groups is 1. The van der Waals surface area contributed by atoms with Crippen molar-refractivity contribution < 1.29 is 13.9 Å². The first-order valence-electron chi connectivity index (χ1n) is 9.26. The number of nitrogens with zero attached hydrogens (tertiary/aromatic N) is 3. The van der Waals surface area contributed by atoms with E-state index in [0.29, 0.717) is 17.8 Å². The Labute approximate surface area is 150 Å². The topological polar surface area (TPSA) is 45.7 Å². The molecule has 25 heavy (non-hydrogen) atoms. The molecule has 140 valence electrons. The van der Waals surface area contributed by atoms with Crippen LogP contribution in [0.1, 0.15) is 39.0 Å². The van der Waals surface area contributed by atoms with Crippen LogP contribution in [0.25, 0.3) is 0 Å². The summed E-state index contributed by atoms with van der Waals surface area (Å²) >= 11 is 0. The van der Waals surface area contributed by atoms with E-state index >= 15 is 0 Å². The molecular formula is C19H30FN3O2. The largest absolute Gasteiger partial charge is 0.381 e. The zero-order valence-corrected chi connectivity index (χ0v) is 15.4. The lowest BCUT2D eigenvalue weighted by Crippen LogP contribution is -2.36. The number of carbonyl (C=O) groups excluding carboxylic acids is 1. The summed E-state index contributed by atoms with van der Waals surface area (Å²) in [5.41, 5.74) is 0. The first-order chi connectivity index (χ1) is 12.2. The van der Waals surface area contributed by atoms with Gasteiger partial charge in [-0.3, -0.25) is 4.79 Å². The van der Waals surface area contributed by atoms with Gasteiger partial charge in [0.2, 0.25) is 6.41 Å². The van der Waals surface area contributed by atoms with Gasteiger partial charge in [0.15, 0.2) is 11.6 Å². The number of anilines is 1. The van der Waals surface area contributed by atoms with Gasteiger partial charge in [-0.05, 0) is 43.7 Å². The van der Waals surface area contributed by atoms with Crippen LogP contribution in [-0.2, 0) is 9.53 Å². The average Bonchev–Trinajstić information content (AvgIpc) is 2.69. The van der Waals surface area contributed by atoms with Crippen LogP contribution in [0.2, 0.25) is 0 Å². The molecule has 1 amide bonds. The van der Waals surface area contributed by atoms with E-state index in [1.54, 1.807) is 17.2 Å². The van der Waals surface area contributed by atoms with Crippen LogP contribution < -0.4 is 4.90 Å². The molecule has 0 aromatic carbocycles. The summed E-state index contributed by atoms with van der Waals surface area (Å²) in [6.07, 6.45) is 8.09. The Kier molecular flexibility index (Phi) is 8.12. The third-order valence-corrected chi connectivity index (χ3v) is 5.07. The van der Waals surface area contributed by atoms with Crippen molar-refractivity contribution in [3.63, 3.8) is 0 Å². The molecule has 0 bridgehead atoms. The number of ether oxygens (including phenoxy) is 1. The molecule has 2 saturated heterocycles. The van der Waals surface area contributed by atoms with Gasteiger partial charge >= 0.3 is 0 Å². The normalized spacial score (nSPS) is 21.2. The monoisotopic (exact) mass is 351 g/mol. The number of aromatic nitrogens is 1. The number of halogens is 1. The van der Waals surface area contributed by atoms with Gasteiger partial charge in [0.25, 0.3) is 0 Å². The minimum Gasteiger partial charge on any atom is -0.381 e. The number of hydrogen-bond donors (Lipinski definition) is 0. The molecule has 2 fully saturated rings. The summed E-state index contributed by atoms with van der Waals surface area (Å²) in [7, 11) is 1.82. The van der Waals surface area contributed by atoms with E-state index in [-0.39, 0.29) is 5.82 Å². The third-order valence-electron chi connectivity index (χ3n) is 5.07. The molecule has 2 aliphatic heterocycles. The van der Waals surface area contributed by atoms with Crippen molar-refractivity contribution in [3.8, 4) is 0 Å². The van der Waals surface area contributed by atoms with Crippen LogP contribution in [-0.4, -0.2) is 55.7 Å². The van der Waals surface area contributed by atoms with E-state index in [4.69, 9.17) is 4.74 Å². The van der Waals surface area contributed by atoms with Crippen LogP contribution in [0.15, 0.2) is 18.3 Å². The van der Waals surface area contributed by atoms with Gasteiger partial charge in [-0.15, -0.1) is 0 Å². The van der Waals surface area contributed by atoms with Gasteiger partial charge in [0.05, 0.1) is 0 Å². The predicted octanol–water partition coefficient (Wildman–Crippen LogP) is 3.10. The molecule has 0 aliphatic carbocycles. The second kappa shape index (κ2) is 10.3. The molecule has 1 aromatic rings. The summed E-state index contributed by atoms with van der Waals surface area (Å²) in [6.45, 7) is 5.67. The van der Waals surface area contributed by atoms with Crippen LogP contribution in [0.3, 0.4) is 0 Å². The highest BCUT2D eigenvalue weighted by Gasteiger charge is 2.21. The van der Waals surface area contributed by atoms with Crippen molar-refractivity contribution in [1.29, 1.82) is 0 Å². The van der Waals surface area contributed by atoms with Crippen molar-refractivity contribution in [2.75, 3.05) is 38.3 Å². The van der Waals surface area contributed by atoms with Gasteiger partial charge in [-0.25, -0.2) is 9.37 Å². The zero-order valence-electron chi connectivity index (χ0n) is 15.4. The molecule has 6 heteroatoms. The van der Waals surface area contributed by atoms with E-state index < -0.39 is 0 Å². The van der Waals surface area contributed by atoms with Crippen molar-refractivity contribution in [2.45, 2.75) is 45.1 Å². The Morgan fingerprint density at radius 1 is 1.40 bits per heavy atom. The van der Waals surface area contributed by atoms with Crippen molar-refractivity contribution in [1.82, 2.24) is 9.88 Å². The number of piperidine rings is 1. The molecule has 3 rings (SSSR count). The molecule has 0 radical (unpaired) electrons. The Morgan fingerprint density at radius 3 is 2.80 bits per heavy atom. The molecule has 0 N–H and O–H groups in total. The Hall–Kier alpha value is -1.69. The highest BCUT2D eigenvalue weighted by molar-refractivity contribution is 5.47. The standard InChI is InChI=1S/C12H17FN2.C7H13NO2/c1-2-10-5-4-8-15(9-10)12-11(13)6-3-7-14-12;1-8(6-9)7-2-4-10-5-3-7/h3,6-7,10H,2,4-5,8-9H2,1H3;6-7H,2-5H2,1H3/t10-;/m1./s1. The molecular weight excluding hydrogens is 321 g/mol. The molecule has 1 aromatic heterocycles. The molecule has 2 aliphatic rings. The molecule has 1 atom stereocenters. The highest BCUT2D eigenvalue weighted by Crippen LogP contribution is 2.24. The van der Waals surface area contributed by atoms with Gasteiger partial charge in [0, 0.05) is 45.6 Å².